The van der Waals surface area contributed by atoms with Crippen molar-refractivity contribution in [2.45, 2.75) is 13.0 Å². The summed E-state index contributed by atoms with van der Waals surface area (Å²) in [4.78, 5) is 14.8. The fourth-order valence-electron chi connectivity index (χ4n) is 1.41. The highest BCUT2D eigenvalue weighted by Gasteiger charge is 2.10. The number of hydrogen-bond acceptors (Lipinski definition) is 4. The molecule has 16 heavy (non-hydrogen) atoms. The van der Waals surface area contributed by atoms with Crippen LogP contribution in [-0.4, -0.2) is 18.5 Å². The molecule has 1 atom stereocenters. The monoisotopic (exact) mass is 236 g/mol. The van der Waals surface area contributed by atoms with Gasteiger partial charge in [-0.1, -0.05) is 0 Å². The van der Waals surface area contributed by atoms with E-state index in [0.29, 0.717) is 6.41 Å². The van der Waals surface area contributed by atoms with Crippen LogP contribution < -0.4 is 10.1 Å². The van der Waals surface area contributed by atoms with Gasteiger partial charge in [0, 0.05) is 0 Å². The Morgan fingerprint density at radius 2 is 2.38 bits per heavy atom. The van der Waals surface area contributed by atoms with Gasteiger partial charge in [0.25, 0.3) is 0 Å². The van der Waals surface area contributed by atoms with Crippen LogP contribution in [0, 0.1) is 0 Å². The van der Waals surface area contributed by atoms with Crippen molar-refractivity contribution >= 4 is 28.0 Å². The van der Waals surface area contributed by atoms with E-state index in [1.165, 1.54) is 0 Å². The minimum absolute atomic E-state index is 0.0547. The zero-order valence-electron chi connectivity index (χ0n) is 9.06. The molecule has 1 N–H and O–H groups in total. The summed E-state index contributed by atoms with van der Waals surface area (Å²) in [6.45, 7) is 1.91. The molecule has 1 aromatic carbocycles. The Bertz CT molecular complexity index is 510. The number of amides is 1. The summed E-state index contributed by atoms with van der Waals surface area (Å²) in [6, 6.07) is 5.69. The van der Waals surface area contributed by atoms with Gasteiger partial charge in [0.05, 0.1) is 23.4 Å². The molecule has 0 saturated carbocycles. The van der Waals surface area contributed by atoms with E-state index in [4.69, 9.17) is 4.74 Å². The minimum Gasteiger partial charge on any atom is -0.497 e. The molecule has 0 aliphatic rings. The molecule has 0 aliphatic heterocycles. The highest BCUT2D eigenvalue weighted by Crippen LogP contribution is 2.29. The third kappa shape index (κ3) is 1.99. The lowest BCUT2D eigenvalue weighted by Crippen LogP contribution is -2.15. The molecule has 1 heterocycles. The summed E-state index contributed by atoms with van der Waals surface area (Å²) in [6.07, 6.45) is 0.692. The topological polar surface area (TPSA) is 51.2 Å². The second-order valence-corrected chi connectivity index (χ2v) is 4.45. The normalized spacial score (nSPS) is 12.4. The van der Waals surface area contributed by atoms with E-state index in [0.717, 1.165) is 21.0 Å². The third-order valence-corrected chi connectivity index (χ3v) is 3.50. The highest BCUT2D eigenvalue weighted by atomic mass is 32.1. The van der Waals surface area contributed by atoms with Crippen LogP contribution in [0.1, 0.15) is 18.0 Å². The predicted octanol–water partition coefficient (Wildman–Crippen LogP) is 2.11. The van der Waals surface area contributed by atoms with E-state index in [-0.39, 0.29) is 6.04 Å². The van der Waals surface area contributed by atoms with Gasteiger partial charge in [0.2, 0.25) is 6.41 Å². The Hall–Kier alpha value is -1.62. The molecule has 1 aromatic heterocycles. The van der Waals surface area contributed by atoms with E-state index < -0.39 is 0 Å². The smallest absolute Gasteiger partial charge is 0.207 e. The van der Waals surface area contributed by atoms with Gasteiger partial charge in [-0.15, -0.1) is 11.3 Å². The van der Waals surface area contributed by atoms with Crippen LogP contribution in [-0.2, 0) is 4.79 Å². The quantitative estimate of drug-likeness (QED) is 0.827. The minimum atomic E-state index is -0.0547. The first kappa shape index (κ1) is 10.9. The molecular formula is C11H12N2O2S. The molecule has 4 nitrogen and oxygen atoms in total. The Morgan fingerprint density at radius 1 is 1.56 bits per heavy atom. The average Bonchev–Trinajstić information content (AvgIpc) is 2.71. The lowest BCUT2D eigenvalue weighted by atomic mass is 10.3. The first-order chi connectivity index (χ1) is 7.74. The number of nitrogens with one attached hydrogen (secondary N) is 1. The molecule has 0 bridgehead atoms. The van der Waals surface area contributed by atoms with Gasteiger partial charge in [-0.25, -0.2) is 4.98 Å². The largest absolute Gasteiger partial charge is 0.497 e. The molecule has 1 amide bonds. The molecule has 84 valence electrons. The molecule has 0 spiro atoms. The molecule has 0 radical (unpaired) electrons. The van der Waals surface area contributed by atoms with Crippen LogP contribution >= 0.6 is 11.3 Å². The summed E-state index contributed by atoms with van der Waals surface area (Å²) < 4.78 is 6.21. The van der Waals surface area contributed by atoms with E-state index in [1.54, 1.807) is 18.4 Å². The SMILES string of the molecule is COc1ccc2nc(C(C)NC=O)sc2c1. The number of nitrogens with zero attached hydrogens (tertiary/aromatic N) is 1. The number of fused-ring (bicyclic) bond motifs is 1. The molecule has 0 fully saturated rings. The van der Waals surface area contributed by atoms with Gasteiger partial charge in [0.15, 0.2) is 0 Å². The Balaban J connectivity index is 2.39. The lowest BCUT2D eigenvalue weighted by molar-refractivity contribution is -0.110. The van der Waals surface area contributed by atoms with Crippen molar-refractivity contribution in [3.05, 3.63) is 23.2 Å². The summed E-state index contributed by atoms with van der Waals surface area (Å²) >= 11 is 1.56. The summed E-state index contributed by atoms with van der Waals surface area (Å²) in [5.41, 5.74) is 0.931. The predicted molar refractivity (Wildman–Crippen MR) is 63.8 cm³/mol. The second kappa shape index (κ2) is 4.49. The van der Waals surface area contributed by atoms with Crippen molar-refractivity contribution in [2.24, 2.45) is 0 Å². The van der Waals surface area contributed by atoms with Crippen molar-refractivity contribution < 1.29 is 9.53 Å². The Kier molecular flexibility index (Phi) is 3.05. The van der Waals surface area contributed by atoms with Gasteiger partial charge in [-0.2, -0.15) is 0 Å². The number of thiazole rings is 1. The van der Waals surface area contributed by atoms with Gasteiger partial charge in [-0.3, -0.25) is 4.79 Å². The number of hydrogen-bond donors (Lipinski definition) is 1. The Labute approximate surface area is 97.3 Å². The Morgan fingerprint density at radius 3 is 3.06 bits per heavy atom. The van der Waals surface area contributed by atoms with Gasteiger partial charge < -0.3 is 10.1 Å². The van der Waals surface area contributed by atoms with Crippen molar-refractivity contribution in [1.29, 1.82) is 0 Å². The number of methoxy groups -OCH3 is 1. The fourth-order valence-corrected chi connectivity index (χ4v) is 2.42. The maximum absolute atomic E-state index is 10.3. The first-order valence-electron chi connectivity index (χ1n) is 4.88. The molecule has 0 aliphatic carbocycles. The molecule has 2 aromatic rings. The number of carbonyl (C=O) groups excluding carboxylic acids is 1. The molecule has 0 saturated heterocycles. The van der Waals surface area contributed by atoms with E-state index >= 15 is 0 Å². The summed E-state index contributed by atoms with van der Waals surface area (Å²) in [7, 11) is 1.64. The van der Waals surface area contributed by atoms with Gasteiger partial charge in [0.1, 0.15) is 10.8 Å². The fraction of sp³-hybridized carbons (Fsp3) is 0.273. The number of aromatic nitrogens is 1. The zero-order valence-corrected chi connectivity index (χ0v) is 9.88. The molecule has 5 heteroatoms. The van der Waals surface area contributed by atoms with Crippen LogP contribution in [0.25, 0.3) is 10.2 Å². The summed E-state index contributed by atoms with van der Waals surface area (Å²) in [5.74, 6) is 0.818. The molecule has 2 rings (SSSR count). The van der Waals surface area contributed by atoms with Gasteiger partial charge >= 0.3 is 0 Å². The summed E-state index contributed by atoms with van der Waals surface area (Å²) in [5, 5.41) is 3.59. The number of ether oxygens (including phenoxy) is 1. The van der Waals surface area contributed by atoms with Crippen molar-refractivity contribution in [1.82, 2.24) is 10.3 Å². The second-order valence-electron chi connectivity index (χ2n) is 3.39. The zero-order chi connectivity index (χ0) is 11.5. The van der Waals surface area contributed by atoms with Crippen LogP contribution in [0.4, 0.5) is 0 Å². The number of benzene rings is 1. The van der Waals surface area contributed by atoms with Gasteiger partial charge in [-0.05, 0) is 25.1 Å². The van der Waals surface area contributed by atoms with Crippen molar-refractivity contribution in [2.75, 3.05) is 7.11 Å². The van der Waals surface area contributed by atoms with Crippen LogP contribution in [0.3, 0.4) is 0 Å². The van der Waals surface area contributed by atoms with Crippen LogP contribution in [0.2, 0.25) is 0 Å². The van der Waals surface area contributed by atoms with E-state index in [9.17, 15) is 4.79 Å². The van der Waals surface area contributed by atoms with E-state index in [2.05, 4.69) is 10.3 Å². The highest BCUT2D eigenvalue weighted by molar-refractivity contribution is 7.18. The van der Waals surface area contributed by atoms with Crippen molar-refractivity contribution in [3.8, 4) is 5.75 Å². The standard InChI is InChI=1S/C11H12N2O2S/c1-7(12-6-14)11-13-9-4-3-8(15-2)5-10(9)16-11/h3-7H,1-2H3,(H,12,14). The van der Waals surface area contributed by atoms with Crippen LogP contribution in [0.15, 0.2) is 18.2 Å². The maximum atomic E-state index is 10.3. The van der Waals surface area contributed by atoms with Crippen molar-refractivity contribution in [3.63, 3.8) is 0 Å². The first-order valence-corrected chi connectivity index (χ1v) is 5.70. The van der Waals surface area contributed by atoms with E-state index in [1.807, 2.05) is 25.1 Å². The average molecular weight is 236 g/mol. The molecule has 1 unspecified atom stereocenters. The third-order valence-electron chi connectivity index (χ3n) is 2.30. The lowest BCUT2D eigenvalue weighted by Gasteiger charge is -2.03. The number of carbonyl (C=O) groups is 1. The number of rotatable bonds is 4. The molecular weight excluding hydrogens is 224 g/mol. The van der Waals surface area contributed by atoms with Crippen LogP contribution in [0.5, 0.6) is 5.75 Å². The maximum Gasteiger partial charge on any atom is 0.207 e.